The van der Waals surface area contributed by atoms with Gasteiger partial charge in [0.25, 0.3) is 5.91 Å². The molecule has 1 aromatic rings. The number of amides is 1. The molecule has 112 valence electrons. The number of hydrogen-bond donors (Lipinski definition) is 2. The summed E-state index contributed by atoms with van der Waals surface area (Å²) in [6, 6.07) is 2.14. The summed E-state index contributed by atoms with van der Waals surface area (Å²) in [5, 5.41) is 6.30. The molecule has 20 heavy (non-hydrogen) atoms. The van der Waals surface area contributed by atoms with Crippen LogP contribution in [0.3, 0.4) is 0 Å². The van der Waals surface area contributed by atoms with Gasteiger partial charge in [0.05, 0.1) is 4.88 Å². The maximum atomic E-state index is 12.2. The molecule has 2 heterocycles. The highest BCUT2D eigenvalue weighted by Crippen LogP contribution is 2.28. The molecule has 3 rings (SSSR count). The van der Waals surface area contributed by atoms with Crippen molar-refractivity contribution in [2.24, 2.45) is 5.92 Å². The van der Waals surface area contributed by atoms with Crippen LogP contribution in [0.1, 0.15) is 45.8 Å². The Morgan fingerprint density at radius 3 is 2.70 bits per heavy atom. The molecule has 0 radical (unpaired) electrons. The minimum Gasteiger partial charge on any atom is -0.351 e. The summed E-state index contributed by atoms with van der Waals surface area (Å²) in [4.78, 5) is 14.5. The van der Waals surface area contributed by atoms with Gasteiger partial charge in [0.2, 0.25) is 0 Å². The Balaban J connectivity index is 0.00000147. The molecule has 3 nitrogen and oxygen atoms in total. The minimum absolute atomic E-state index is 0. The van der Waals surface area contributed by atoms with Crippen LogP contribution < -0.4 is 10.6 Å². The fraction of sp³-hybridized carbons (Fsp3) is 0.667. The molecule has 1 aromatic heterocycles. The molecule has 0 unspecified atom stereocenters. The summed E-state index contributed by atoms with van der Waals surface area (Å²) >= 11 is 1.72. The number of nitrogens with one attached hydrogen (secondary N) is 2. The van der Waals surface area contributed by atoms with E-state index >= 15 is 0 Å². The molecular weight excluding hydrogens is 292 g/mol. The van der Waals surface area contributed by atoms with Gasteiger partial charge in [-0.3, -0.25) is 4.79 Å². The Morgan fingerprint density at radius 2 is 2.00 bits per heavy atom. The molecule has 0 spiro atoms. The summed E-state index contributed by atoms with van der Waals surface area (Å²) in [5.74, 6) is 0.758. The van der Waals surface area contributed by atoms with Crippen molar-refractivity contribution < 1.29 is 4.79 Å². The summed E-state index contributed by atoms with van der Waals surface area (Å²) in [6.07, 6.45) is 7.56. The van der Waals surface area contributed by atoms with E-state index in [9.17, 15) is 4.79 Å². The first-order chi connectivity index (χ1) is 9.33. The van der Waals surface area contributed by atoms with Crippen LogP contribution in [0, 0.1) is 5.92 Å². The predicted octanol–water partition coefficient (Wildman–Crippen LogP) is 2.78. The maximum Gasteiger partial charge on any atom is 0.261 e. The lowest BCUT2D eigenvalue weighted by Gasteiger charge is -2.26. The number of carbonyl (C=O) groups excluding carboxylic acids is 1. The van der Waals surface area contributed by atoms with Gasteiger partial charge in [-0.2, -0.15) is 0 Å². The molecule has 0 atom stereocenters. The molecule has 2 aliphatic rings. The number of fused-ring (bicyclic) bond motifs is 1. The van der Waals surface area contributed by atoms with E-state index in [-0.39, 0.29) is 18.3 Å². The Labute approximate surface area is 130 Å². The number of aryl methyl sites for hydroxylation is 2. The maximum absolute atomic E-state index is 12.2. The summed E-state index contributed by atoms with van der Waals surface area (Å²) < 4.78 is 0. The smallest absolute Gasteiger partial charge is 0.261 e. The average Bonchev–Trinajstić information content (AvgIpc) is 2.69. The topological polar surface area (TPSA) is 41.1 Å². The Hall–Kier alpha value is -0.580. The summed E-state index contributed by atoms with van der Waals surface area (Å²) in [6.45, 7) is 2.90. The van der Waals surface area contributed by atoms with E-state index in [0.29, 0.717) is 5.92 Å². The second kappa shape index (κ2) is 7.43. The molecule has 1 aliphatic carbocycles. The van der Waals surface area contributed by atoms with Gasteiger partial charge in [0, 0.05) is 30.4 Å². The molecule has 0 aromatic carbocycles. The zero-order valence-corrected chi connectivity index (χ0v) is 13.4. The van der Waals surface area contributed by atoms with Crippen LogP contribution in [0.4, 0.5) is 0 Å². The highest BCUT2D eigenvalue weighted by atomic mass is 35.5. The summed E-state index contributed by atoms with van der Waals surface area (Å²) in [5.41, 5.74) is 1.43. The first-order valence-electron chi connectivity index (χ1n) is 7.43. The van der Waals surface area contributed by atoms with E-state index < -0.39 is 0 Å². The second-order valence-corrected chi connectivity index (χ2v) is 6.84. The normalized spacial score (nSPS) is 19.0. The van der Waals surface area contributed by atoms with Crippen LogP contribution in [-0.4, -0.2) is 25.5 Å². The largest absolute Gasteiger partial charge is 0.351 e. The molecule has 1 saturated heterocycles. The standard InChI is InChI=1S/C15H22N2OS.ClH/c18-15(17-10-11-8-16-9-11)14-7-12-5-3-1-2-4-6-13(12)19-14;/h7,11,16H,1-6,8-10H2,(H,17,18);1H. The van der Waals surface area contributed by atoms with Crippen molar-refractivity contribution in [1.82, 2.24) is 10.6 Å². The van der Waals surface area contributed by atoms with Crippen molar-refractivity contribution in [3.05, 3.63) is 21.4 Å². The second-order valence-electron chi connectivity index (χ2n) is 5.71. The van der Waals surface area contributed by atoms with Gasteiger partial charge in [-0.25, -0.2) is 0 Å². The number of hydrogen-bond acceptors (Lipinski definition) is 3. The van der Waals surface area contributed by atoms with E-state index in [4.69, 9.17) is 0 Å². The van der Waals surface area contributed by atoms with Crippen LogP contribution >= 0.6 is 23.7 Å². The molecular formula is C15H23ClN2OS. The molecule has 0 saturated carbocycles. The molecule has 0 bridgehead atoms. The fourth-order valence-electron chi connectivity index (χ4n) is 2.77. The van der Waals surface area contributed by atoms with Gasteiger partial charge < -0.3 is 10.6 Å². The third-order valence-corrected chi connectivity index (χ3v) is 5.37. The zero-order chi connectivity index (χ0) is 13.1. The Bertz CT molecular complexity index is 431. The number of thiophene rings is 1. The van der Waals surface area contributed by atoms with Crippen LogP contribution in [0.5, 0.6) is 0 Å². The first kappa shape index (κ1) is 15.8. The third-order valence-electron chi connectivity index (χ3n) is 4.14. The molecule has 1 amide bonds. The van der Waals surface area contributed by atoms with Crippen LogP contribution in [-0.2, 0) is 12.8 Å². The van der Waals surface area contributed by atoms with Crippen LogP contribution in [0.25, 0.3) is 0 Å². The zero-order valence-electron chi connectivity index (χ0n) is 11.7. The molecule has 5 heteroatoms. The lowest BCUT2D eigenvalue weighted by molar-refractivity contribution is 0.0946. The predicted molar refractivity (Wildman–Crippen MR) is 86.1 cm³/mol. The average molecular weight is 315 g/mol. The van der Waals surface area contributed by atoms with Gasteiger partial charge in [-0.15, -0.1) is 23.7 Å². The quantitative estimate of drug-likeness (QED) is 0.901. The monoisotopic (exact) mass is 314 g/mol. The lowest BCUT2D eigenvalue weighted by atomic mass is 10.00. The van der Waals surface area contributed by atoms with Gasteiger partial charge >= 0.3 is 0 Å². The molecule has 1 aliphatic heterocycles. The van der Waals surface area contributed by atoms with Crippen LogP contribution in [0.2, 0.25) is 0 Å². The van der Waals surface area contributed by atoms with Crippen molar-refractivity contribution >= 4 is 29.7 Å². The minimum atomic E-state index is 0. The van der Waals surface area contributed by atoms with Crippen molar-refractivity contribution in [3.63, 3.8) is 0 Å². The van der Waals surface area contributed by atoms with Gasteiger partial charge in [-0.05, 0) is 37.3 Å². The van der Waals surface area contributed by atoms with Gasteiger partial charge in [-0.1, -0.05) is 12.8 Å². The molecule has 2 N–H and O–H groups in total. The number of rotatable bonds is 3. The van der Waals surface area contributed by atoms with E-state index in [1.54, 1.807) is 11.3 Å². The van der Waals surface area contributed by atoms with Crippen LogP contribution in [0.15, 0.2) is 6.07 Å². The summed E-state index contributed by atoms with van der Waals surface area (Å²) in [7, 11) is 0. The van der Waals surface area contributed by atoms with E-state index in [1.807, 2.05) is 0 Å². The van der Waals surface area contributed by atoms with Gasteiger partial charge in [0.1, 0.15) is 0 Å². The third kappa shape index (κ3) is 3.74. The van der Waals surface area contributed by atoms with E-state index in [0.717, 1.165) is 30.9 Å². The Morgan fingerprint density at radius 1 is 1.25 bits per heavy atom. The SMILES string of the molecule is Cl.O=C(NCC1CNC1)c1cc2c(s1)CCCCCC2. The van der Waals surface area contributed by atoms with Gasteiger partial charge in [0.15, 0.2) is 0 Å². The van der Waals surface area contributed by atoms with Crippen molar-refractivity contribution in [2.75, 3.05) is 19.6 Å². The lowest BCUT2D eigenvalue weighted by Crippen LogP contribution is -2.48. The fourth-order valence-corrected chi connectivity index (χ4v) is 3.94. The Kier molecular flexibility index (Phi) is 5.87. The van der Waals surface area contributed by atoms with Crippen molar-refractivity contribution in [2.45, 2.75) is 38.5 Å². The number of halogens is 1. The highest BCUT2D eigenvalue weighted by Gasteiger charge is 2.19. The van der Waals surface area contributed by atoms with Crippen molar-refractivity contribution in [1.29, 1.82) is 0 Å². The van der Waals surface area contributed by atoms with E-state index in [1.165, 1.54) is 42.5 Å². The van der Waals surface area contributed by atoms with Crippen molar-refractivity contribution in [3.8, 4) is 0 Å². The first-order valence-corrected chi connectivity index (χ1v) is 8.25. The molecule has 1 fully saturated rings. The highest BCUT2D eigenvalue weighted by molar-refractivity contribution is 7.14. The van der Waals surface area contributed by atoms with E-state index in [2.05, 4.69) is 16.7 Å². The number of carbonyl (C=O) groups is 1.